The minimum atomic E-state index is -0.574. The van der Waals surface area contributed by atoms with E-state index >= 15 is 0 Å². The molecule has 1 N–H and O–H groups in total. The van der Waals surface area contributed by atoms with Crippen molar-refractivity contribution in [2.24, 2.45) is 0 Å². The van der Waals surface area contributed by atoms with Gasteiger partial charge in [0.05, 0.1) is 15.1 Å². The van der Waals surface area contributed by atoms with E-state index in [4.69, 9.17) is 4.74 Å². The summed E-state index contributed by atoms with van der Waals surface area (Å²) in [5, 5.41) is 13.6. The number of nitro benzene ring substituents is 1. The van der Waals surface area contributed by atoms with E-state index in [0.717, 1.165) is 6.07 Å². The molecular formula is C12H14FIN2O4. The third-order valence-corrected chi connectivity index (χ3v) is 3.24. The molecule has 0 spiro atoms. The Morgan fingerprint density at radius 2 is 2.25 bits per heavy atom. The summed E-state index contributed by atoms with van der Waals surface area (Å²) in [6.07, 6.45) is 0.658. The molecular weight excluding hydrogens is 382 g/mol. The number of ether oxygens (including phenoxy) is 1. The van der Waals surface area contributed by atoms with E-state index in [1.165, 1.54) is 6.07 Å². The van der Waals surface area contributed by atoms with E-state index in [2.05, 4.69) is 5.32 Å². The number of anilines is 1. The lowest BCUT2D eigenvalue weighted by molar-refractivity contribution is -0.384. The SMILES string of the molecule is CCOC(=O)CCCNc1cc(F)c(I)cc1[N+](=O)[O-]. The third kappa shape index (κ3) is 4.91. The predicted octanol–water partition coefficient (Wildman–Crippen LogP) is 3.09. The highest BCUT2D eigenvalue weighted by Gasteiger charge is 2.17. The van der Waals surface area contributed by atoms with E-state index in [9.17, 15) is 19.3 Å². The van der Waals surface area contributed by atoms with Gasteiger partial charge in [-0.3, -0.25) is 14.9 Å². The first-order chi connectivity index (χ1) is 9.45. The third-order valence-electron chi connectivity index (χ3n) is 2.41. The predicted molar refractivity (Wildman–Crippen MR) is 80.1 cm³/mol. The highest BCUT2D eigenvalue weighted by molar-refractivity contribution is 14.1. The molecule has 1 aromatic carbocycles. The number of nitrogens with one attached hydrogen (secondary N) is 1. The number of benzene rings is 1. The highest BCUT2D eigenvalue weighted by Crippen LogP contribution is 2.28. The molecule has 1 aromatic rings. The zero-order chi connectivity index (χ0) is 15.1. The lowest BCUT2D eigenvalue weighted by Gasteiger charge is -2.08. The van der Waals surface area contributed by atoms with Crippen LogP contribution in [-0.2, 0) is 9.53 Å². The summed E-state index contributed by atoms with van der Waals surface area (Å²) < 4.78 is 18.4. The Balaban J connectivity index is 2.61. The van der Waals surface area contributed by atoms with E-state index in [1.54, 1.807) is 29.5 Å². The average Bonchev–Trinajstić information content (AvgIpc) is 2.38. The Labute approximate surface area is 129 Å². The van der Waals surface area contributed by atoms with Crippen molar-refractivity contribution in [3.63, 3.8) is 0 Å². The van der Waals surface area contributed by atoms with Crippen molar-refractivity contribution in [2.45, 2.75) is 19.8 Å². The van der Waals surface area contributed by atoms with Gasteiger partial charge in [0.1, 0.15) is 11.5 Å². The van der Waals surface area contributed by atoms with E-state index in [0.29, 0.717) is 19.6 Å². The molecule has 0 aliphatic carbocycles. The topological polar surface area (TPSA) is 81.5 Å². The van der Waals surface area contributed by atoms with Gasteiger partial charge in [0.25, 0.3) is 5.69 Å². The van der Waals surface area contributed by atoms with Gasteiger partial charge >= 0.3 is 5.97 Å². The molecule has 20 heavy (non-hydrogen) atoms. The summed E-state index contributed by atoms with van der Waals surface area (Å²) in [7, 11) is 0. The quantitative estimate of drug-likeness (QED) is 0.252. The van der Waals surface area contributed by atoms with Gasteiger partial charge in [-0.1, -0.05) is 0 Å². The fourth-order valence-electron chi connectivity index (χ4n) is 1.52. The van der Waals surface area contributed by atoms with Crippen LogP contribution in [-0.4, -0.2) is 24.0 Å². The molecule has 0 radical (unpaired) electrons. The van der Waals surface area contributed by atoms with Gasteiger partial charge < -0.3 is 10.1 Å². The fourth-order valence-corrected chi connectivity index (χ4v) is 1.97. The Bertz CT molecular complexity index is 510. The number of nitro groups is 1. The molecule has 0 saturated heterocycles. The van der Waals surface area contributed by atoms with Gasteiger partial charge in [0.15, 0.2) is 0 Å². The maximum absolute atomic E-state index is 13.4. The zero-order valence-electron chi connectivity index (χ0n) is 10.8. The number of carbonyl (C=O) groups is 1. The molecule has 0 fully saturated rings. The Morgan fingerprint density at radius 1 is 1.55 bits per heavy atom. The van der Waals surface area contributed by atoms with Gasteiger partial charge in [0, 0.05) is 25.1 Å². The van der Waals surface area contributed by atoms with Crippen molar-refractivity contribution in [1.29, 1.82) is 0 Å². The number of hydrogen-bond donors (Lipinski definition) is 1. The maximum Gasteiger partial charge on any atom is 0.305 e. The first kappa shape index (κ1) is 16.6. The Hall–Kier alpha value is -1.45. The first-order valence-electron chi connectivity index (χ1n) is 5.98. The molecule has 0 bridgehead atoms. The van der Waals surface area contributed by atoms with E-state index in [-0.39, 0.29) is 27.3 Å². The number of carbonyl (C=O) groups excluding carboxylic acids is 1. The summed E-state index contributed by atoms with van der Waals surface area (Å²) >= 11 is 1.69. The molecule has 1 rings (SSSR count). The Morgan fingerprint density at radius 3 is 2.85 bits per heavy atom. The van der Waals surface area contributed by atoms with Crippen molar-refractivity contribution < 1.29 is 18.8 Å². The van der Waals surface area contributed by atoms with Crippen LogP contribution in [0.25, 0.3) is 0 Å². The van der Waals surface area contributed by atoms with Crippen molar-refractivity contribution >= 4 is 39.9 Å². The molecule has 110 valence electrons. The van der Waals surface area contributed by atoms with Gasteiger partial charge in [-0.15, -0.1) is 0 Å². The van der Waals surface area contributed by atoms with Gasteiger partial charge in [-0.25, -0.2) is 4.39 Å². The van der Waals surface area contributed by atoms with Crippen molar-refractivity contribution in [3.8, 4) is 0 Å². The summed E-state index contributed by atoms with van der Waals surface area (Å²) in [5.41, 5.74) is -0.0799. The van der Waals surface area contributed by atoms with Crippen molar-refractivity contribution in [1.82, 2.24) is 0 Å². The normalized spacial score (nSPS) is 10.2. The number of nitrogens with zero attached hydrogens (tertiary/aromatic N) is 1. The van der Waals surface area contributed by atoms with Gasteiger partial charge in [0.2, 0.25) is 0 Å². The van der Waals surface area contributed by atoms with Crippen LogP contribution in [0.1, 0.15) is 19.8 Å². The van der Waals surface area contributed by atoms with E-state index < -0.39 is 10.7 Å². The molecule has 0 aliphatic heterocycles. The van der Waals surface area contributed by atoms with Crippen LogP contribution in [0, 0.1) is 19.5 Å². The van der Waals surface area contributed by atoms with Crippen LogP contribution in [0.4, 0.5) is 15.8 Å². The van der Waals surface area contributed by atoms with Gasteiger partial charge in [-0.05, 0) is 35.9 Å². The maximum atomic E-state index is 13.4. The summed E-state index contributed by atoms with van der Waals surface area (Å²) in [6, 6.07) is 2.26. The zero-order valence-corrected chi connectivity index (χ0v) is 13.0. The van der Waals surface area contributed by atoms with Crippen LogP contribution < -0.4 is 5.32 Å². The standard InChI is InChI=1S/C12H14FIN2O4/c1-2-20-12(17)4-3-5-15-10-6-8(13)9(14)7-11(10)16(18)19/h6-7,15H,2-5H2,1H3. The van der Waals surface area contributed by atoms with Crippen LogP contribution >= 0.6 is 22.6 Å². The number of hydrogen-bond acceptors (Lipinski definition) is 5. The molecule has 0 unspecified atom stereocenters. The minimum absolute atomic E-state index is 0.108. The monoisotopic (exact) mass is 396 g/mol. The summed E-state index contributed by atoms with van der Waals surface area (Å²) in [6.45, 7) is 2.35. The molecule has 0 heterocycles. The molecule has 0 amide bonds. The van der Waals surface area contributed by atoms with Crippen molar-refractivity contribution in [3.05, 3.63) is 31.6 Å². The summed E-state index contributed by atoms with van der Waals surface area (Å²) in [4.78, 5) is 21.4. The summed E-state index contributed by atoms with van der Waals surface area (Å²) in [5.74, 6) is -0.846. The average molecular weight is 396 g/mol. The lowest BCUT2D eigenvalue weighted by atomic mass is 10.2. The fraction of sp³-hybridized carbons (Fsp3) is 0.417. The second-order valence-corrected chi connectivity index (χ2v) is 5.04. The number of halogens is 2. The van der Waals surface area contributed by atoms with Gasteiger partial charge in [-0.2, -0.15) is 0 Å². The molecule has 6 nitrogen and oxygen atoms in total. The minimum Gasteiger partial charge on any atom is -0.466 e. The first-order valence-corrected chi connectivity index (χ1v) is 7.06. The van der Waals surface area contributed by atoms with Crippen LogP contribution in [0.3, 0.4) is 0 Å². The van der Waals surface area contributed by atoms with E-state index in [1.807, 2.05) is 0 Å². The second kappa shape index (κ2) is 7.98. The smallest absolute Gasteiger partial charge is 0.305 e. The van der Waals surface area contributed by atoms with Crippen LogP contribution in [0.5, 0.6) is 0 Å². The molecule has 0 atom stereocenters. The number of rotatable bonds is 7. The Kier molecular flexibility index (Phi) is 6.62. The molecule has 0 aliphatic rings. The largest absolute Gasteiger partial charge is 0.466 e. The van der Waals surface area contributed by atoms with Crippen LogP contribution in [0.2, 0.25) is 0 Å². The molecule has 8 heteroatoms. The second-order valence-electron chi connectivity index (χ2n) is 3.88. The van der Waals surface area contributed by atoms with Crippen LogP contribution in [0.15, 0.2) is 12.1 Å². The highest BCUT2D eigenvalue weighted by atomic mass is 127. The van der Waals surface area contributed by atoms with Crippen molar-refractivity contribution in [2.75, 3.05) is 18.5 Å². The lowest BCUT2D eigenvalue weighted by Crippen LogP contribution is -2.09. The molecule has 0 aromatic heterocycles. The number of esters is 1. The molecule has 0 saturated carbocycles.